The number of hydrogen-bond acceptors (Lipinski definition) is 5. The van der Waals surface area contributed by atoms with Crippen LogP contribution < -0.4 is 9.25 Å². The van der Waals surface area contributed by atoms with E-state index in [9.17, 15) is 4.79 Å². The molecular weight excluding hydrogens is 322 g/mol. The van der Waals surface area contributed by atoms with Gasteiger partial charge in [0.15, 0.2) is 18.9 Å². The van der Waals surface area contributed by atoms with Crippen LogP contribution >= 0.6 is 32.4 Å². The molecule has 0 saturated carbocycles. The number of thioether (sulfide) groups is 1. The molecule has 1 aliphatic rings. The van der Waals surface area contributed by atoms with Crippen LogP contribution in [0.3, 0.4) is 0 Å². The summed E-state index contributed by atoms with van der Waals surface area (Å²) in [6, 6.07) is 11.7. The fraction of sp³-hybridized carbons (Fsp3) is 0.333. The van der Waals surface area contributed by atoms with E-state index in [1.54, 1.807) is 32.4 Å². The average molecular weight is 338 g/mol. The van der Waals surface area contributed by atoms with E-state index in [0.717, 1.165) is 31.9 Å². The second-order valence-electron chi connectivity index (χ2n) is 4.65. The molecule has 21 heavy (non-hydrogen) atoms. The van der Waals surface area contributed by atoms with Crippen LogP contribution in [0.25, 0.3) is 0 Å². The summed E-state index contributed by atoms with van der Waals surface area (Å²) in [6.45, 7) is 3.52. The van der Waals surface area contributed by atoms with Crippen molar-refractivity contribution in [1.29, 1.82) is 0 Å². The van der Waals surface area contributed by atoms with E-state index < -0.39 is 0 Å². The van der Waals surface area contributed by atoms with Gasteiger partial charge in [0, 0.05) is 11.6 Å². The first-order chi connectivity index (χ1) is 10.3. The van der Waals surface area contributed by atoms with Gasteiger partial charge in [0.05, 0.1) is 9.96 Å². The minimum Gasteiger partial charge on any atom is -0.368 e. The molecule has 1 aromatic carbocycles. The molecule has 1 aliphatic heterocycles. The molecule has 0 radical (unpaired) electrons. The second-order valence-corrected chi connectivity index (χ2v) is 8.11. The highest BCUT2D eigenvalue weighted by atomic mass is 32.9. The zero-order valence-corrected chi connectivity index (χ0v) is 13.9. The van der Waals surface area contributed by atoms with Gasteiger partial charge in [0.2, 0.25) is 0 Å². The number of benzene rings is 1. The fourth-order valence-electron chi connectivity index (χ4n) is 2.07. The Morgan fingerprint density at radius 2 is 1.95 bits per heavy atom. The number of Topliss-reactive ketones (excluding diaryl/α,β-unsaturated/α-hetero) is 1. The third-order valence-corrected chi connectivity index (χ3v) is 7.16. The minimum atomic E-state index is 0.187. The van der Waals surface area contributed by atoms with Crippen LogP contribution in [0.4, 0.5) is 0 Å². The number of nitrogens with zero attached hydrogens (tertiary/aromatic N) is 1. The Hall–Kier alpha value is -0.950. The Kier molecular flexibility index (Phi) is 5.24. The van der Waals surface area contributed by atoms with Crippen LogP contribution in [0.2, 0.25) is 0 Å². The van der Waals surface area contributed by atoms with Gasteiger partial charge in [-0.1, -0.05) is 40.7 Å². The molecule has 110 valence electrons. The summed E-state index contributed by atoms with van der Waals surface area (Å²) in [5, 5.41) is 0. The first-order valence-electron chi connectivity index (χ1n) is 6.80. The third kappa shape index (κ3) is 4.03. The van der Waals surface area contributed by atoms with Gasteiger partial charge < -0.3 is 4.74 Å². The van der Waals surface area contributed by atoms with E-state index in [2.05, 4.69) is 10.6 Å². The van der Waals surface area contributed by atoms with Gasteiger partial charge in [0.25, 0.3) is 4.67 Å². The molecule has 0 aliphatic carbocycles. The van der Waals surface area contributed by atoms with Crippen LogP contribution in [0.15, 0.2) is 40.6 Å². The van der Waals surface area contributed by atoms with Gasteiger partial charge in [-0.3, -0.25) is 4.79 Å². The maximum atomic E-state index is 12.1. The van der Waals surface area contributed by atoms with Gasteiger partial charge in [-0.05, 0) is 10.3 Å². The zero-order valence-electron chi connectivity index (χ0n) is 11.5. The Labute approximate surface area is 135 Å². The molecule has 1 saturated heterocycles. The molecule has 0 unspecified atom stereocenters. The molecule has 0 N–H and O–H groups in total. The summed E-state index contributed by atoms with van der Waals surface area (Å²) < 4.78 is 10.2. The largest absolute Gasteiger partial charge is 0.368 e. The molecule has 3 nitrogen and oxygen atoms in total. The number of hydrogen-bond donors (Lipinski definition) is 0. The predicted molar refractivity (Wildman–Crippen MR) is 89.5 cm³/mol. The predicted octanol–water partition coefficient (Wildman–Crippen LogP) is 2.59. The van der Waals surface area contributed by atoms with Crippen molar-refractivity contribution in [1.82, 2.24) is 4.58 Å². The van der Waals surface area contributed by atoms with Crippen molar-refractivity contribution in [3.8, 4) is 0 Å². The molecule has 0 atom stereocenters. The van der Waals surface area contributed by atoms with E-state index in [1.807, 2.05) is 30.3 Å². The van der Waals surface area contributed by atoms with E-state index in [0.29, 0.717) is 5.75 Å². The van der Waals surface area contributed by atoms with Gasteiger partial charge in [-0.2, -0.15) is 0 Å². The lowest BCUT2D eigenvalue weighted by molar-refractivity contribution is 0.0971. The van der Waals surface area contributed by atoms with Crippen LogP contribution in [-0.2, 0) is 4.74 Å². The highest BCUT2D eigenvalue weighted by Crippen LogP contribution is 2.24. The smallest absolute Gasteiger partial charge is 0.268 e. The topological polar surface area (TPSA) is 29.3 Å². The van der Waals surface area contributed by atoms with Gasteiger partial charge in [-0.15, -0.1) is 11.8 Å². The normalized spacial score (nSPS) is 15.1. The van der Waals surface area contributed by atoms with Crippen LogP contribution in [0.5, 0.6) is 0 Å². The van der Waals surface area contributed by atoms with Gasteiger partial charge >= 0.3 is 0 Å². The number of carbonyl (C=O) groups is 1. The minimum absolute atomic E-state index is 0.187. The Morgan fingerprint density at radius 3 is 2.71 bits per heavy atom. The highest BCUT2D eigenvalue weighted by Gasteiger charge is 2.14. The maximum absolute atomic E-state index is 12.1. The SMILES string of the molecule is O=C(CSc1cc(=[N+]2CCOCC2)ss1)c1ccccc1. The number of rotatable bonds is 4. The Balaban J connectivity index is 1.64. The first-order valence-corrected chi connectivity index (χ1v) is 9.93. The molecular formula is C15H16NO2S3+. The van der Waals surface area contributed by atoms with Crippen LogP contribution in [0.1, 0.15) is 10.4 Å². The molecule has 2 aromatic rings. The molecule has 0 amide bonds. The van der Waals surface area contributed by atoms with Crippen LogP contribution in [0, 0.1) is 0 Å². The first kappa shape index (κ1) is 15.0. The summed E-state index contributed by atoms with van der Waals surface area (Å²) in [5.74, 6) is 0.687. The maximum Gasteiger partial charge on any atom is 0.268 e. The summed E-state index contributed by atoms with van der Waals surface area (Å²) in [4.78, 5) is 12.1. The molecule has 1 aromatic heterocycles. The third-order valence-electron chi connectivity index (χ3n) is 3.21. The van der Waals surface area contributed by atoms with Crippen LogP contribution in [-0.4, -0.2) is 37.8 Å². The highest BCUT2D eigenvalue weighted by molar-refractivity contribution is 8.03. The van der Waals surface area contributed by atoms with E-state index in [-0.39, 0.29) is 5.78 Å². The monoisotopic (exact) mass is 338 g/mol. The second kappa shape index (κ2) is 7.35. The lowest BCUT2D eigenvalue weighted by Gasteiger charge is -2.09. The number of carbonyl (C=O) groups excluding carboxylic acids is 1. The van der Waals surface area contributed by atoms with Crippen molar-refractivity contribution in [3.63, 3.8) is 0 Å². The summed E-state index contributed by atoms with van der Waals surface area (Å²) in [5.41, 5.74) is 0.790. The molecule has 3 rings (SSSR count). The lowest BCUT2D eigenvalue weighted by Crippen LogP contribution is -2.38. The Morgan fingerprint density at radius 1 is 1.19 bits per heavy atom. The van der Waals surface area contributed by atoms with Gasteiger partial charge in [0.1, 0.15) is 13.2 Å². The fourth-order valence-corrected chi connectivity index (χ4v) is 5.85. The summed E-state index contributed by atoms with van der Waals surface area (Å²) in [6.07, 6.45) is 0. The van der Waals surface area contributed by atoms with Crippen molar-refractivity contribution in [2.75, 3.05) is 32.1 Å². The zero-order chi connectivity index (χ0) is 14.5. The molecule has 0 spiro atoms. The lowest BCUT2D eigenvalue weighted by atomic mass is 10.2. The molecule has 2 heterocycles. The number of ketones is 1. The average Bonchev–Trinajstić information content (AvgIpc) is 3.03. The standard InChI is InChI=1S/C15H16NO2S3/c17-13(12-4-2-1-3-5-12)11-19-15-10-14(20-21-15)16-6-8-18-9-7-16/h1-5,10H,6-9,11H2/q+1. The van der Waals surface area contributed by atoms with E-state index in [1.165, 1.54) is 8.88 Å². The molecule has 6 heteroatoms. The van der Waals surface area contributed by atoms with E-state index in [4.69, 9.17) is 4.74 Å². The number of ether oxygens (including phenoxy) is 1. The Bertz CT molecular complexity index is 667. The van der Waals surface area contributed by atoms with Crippen molar-refractivity contribution < 1.29 is 9.53 Å². The van der Waals surface area contributed by atoms with E-state index >= 15 is 0 Å². The van der Waals surface area contributed by atoms with Crippen molar-refractivity contribution >= 4 is 38.2 Å². The molecule has 0 bridgehead atoms. The molecule has 1 fully saturated rings. The van der Waals surface area contributed by atoms with Crippen molar-refractivity contribution in [2.45, 2.75) is 4.21 Å². The summed E-state index contributed by atoms with van der Waals surface area (Å²) >= 11 is 1.63. The van der Waals surface area contributed by atoms with Gasteiger partial charge in [-0.25, -0.2) is 4.58 Å². The van der Waals surface area contributed by atoms with Crippen molar-refractivity contribution in [2.24, 2.45) is 0 Å². The van der Waals surface area contributed by atoms with Crippen molar-refractivity contribution in [3.05, 3.63) is 46.6 Å². The quantitative estimate of drug-likeness (QED) is 0.371. The number of morpholine rings is 1. The summed E-state index contributed by atoms with van der Waals surface area (Å²) in [7, 11) is 3.53.